The van der Waals surface area contributed by atoms with E-state index < -0.39 is 5.97 Å². The number of nitriles is 1. The van der Waals surface area contributed by atoms with Crippen molar-refractivity contribution in [2.75, 3.05) is 31.7 Å². The summed E-state index contributed by atoms with van der Waals surface area (Å²) in [5.74, 6) is -0.206. The van der Waals surface area contributed by atoms with Crippen LogP contribution >= 0.6 is 0 Å². The maximum absolute atomic E-state index is 10.5. The first kappa shape index (κ1) is 16.7. The van der Waals surface area contributed by atoms with Crippen LogP contribution in [0.2, 0.25) is 0 Å². The lowest BCUT2D eigenvalue weighted by Crippen LogP contribution is -2.29. The molecule has 0 aliphatic rings. The van der Waals surface area contributed by atoms with Gasteiger partial charge in [0.1, 0.15) is 5.82 Å². The number of aryl methyl sites for hydroxylation is 1. The van der Waals surface area contributed by atoms with Crippen molar-refractivity contribution >= 4 is 17.9 Å². The molecule has 0 aliphatic heterocycles. The summed E-state index contributed by atoms with van der Waals surface area (Å²) in [6.07, 6.45) is 4.61. The van der Waals surface area contributed by atoms with Crippen LogP contribution in [-0.4, -0.2) is 42.9 Å². The first-order chi connectivity index (χ1) is 10.1. The van der Waals surface area contributed by atoms with Crippen LogP contribution in [0, 0.1) is 18.3 Å². The largest absolute Gasteiger partial charge is 0.478 e. The first-order valence-electron chi connectivity index (χ1n) is 6.57. The zero-order valence-electron chi connectivity index (χ0n) is 12.2. The van der Waals surface area contributed by atoms with Crippen molar-refractivity contribution in [3.05, 3.63) is 29.5 Å². The number of aliphatic carboxylic acids is 1. The van der Waals surface area contributed by atoms with Crippen LogP contribution in [0.25, 0.3) is 6.08 Å². The number of aromatic nitrogens is 1. The third kappa shape index (κ3) is 5.63. The molecule has 0 amide bonds. The monoisotopic (exact) mass is 289 g/mol. The van der Waals surface area contributed by atoms with E-state index in [1.165, 1.54) is 6.08 Å². The summed E-state index contributed by atoms with van der Waals surface area (Å²) in [6, 6.07) is 3.99. The molecule has 1 rings (SSSR count). The van der Waals surface area contributed by atoms with Crippen molar-refractivity contribution in [3.63, 3.8) is 0 Å². The molecule has 0 atom stereocenters. The molecule has 1 aromatic heterocycles. The van der Waals surface area contributed by atoms with Crippen LogP contribution in [0.5, 0.6) is 0 Å². The fourth-order valence-electron chi connectivity index (χ4n) is 1.89. The number of ether oxygens (including phenoxy) is 1. The molecule has 0 spiro atoms. The SMILES string of the molecule is COCCN(CCC#N)c1ncc(/C=C/C(=O)O)cc1C. The number of hydrogen-bond acceptors (Lipinski definition) is 5. The van der Waals surface area contributed by atoms with Crippen molar-refractivity contribution in [2.24, 2.45) is 0 Å². The normalized spacial score (nSPS) is 10.5. The molecule has 0 radical (unpaired) electrons. The van der Waals surface area contributed by atoms with E-state index >= 15 is 0 Å². The van der Waals surface area contributed by atoms with Gasteiger partial charge in [0, 0.05) is 32.5 Å². The number of carbonyl (C=O) groups is 1. The molecule has 112 valence electrons. The summed E-state index contributed by atoms with van der Waals surface area (Å²) in [4.78, 5) is 16.9. The molecule has 6 nitrogen and oxygen atoms in total. The lowest BCUT2D eigenvalue weighted by atomic mass is 10.2. The lowest BCUT2D eigenvalue weighted by molar-refractivity contribution is -0.131. The van der Waals surface area contributed by atoms with Gasteiger partial charge in [-0.05, 0) is 30.2 Å². The summed E-state index contributed by atoms with van der Waals surface area (Å²) in [6.45, 7) is 3.69. The van der Waals surface area contributed by atoms with Gasteiger partial charge in [0.15, 0.2) is 0 Å². The minimum Gasteiger partial charge on any atom is -0.478 e. The molecular weight excluding hydrogens is 270 g/mol. The molecule has 1 aromatic rings. The fraction of sp³-hybridized carbons (Fsp3) is 0.400. The van der Waals surface area contributed by atoms with Crippen molar-refractivity contribution in [1.29, 1.82) is 5.26 Å². The van der Waals surface area contributed by atoms with E-state index in [2.05, 4.69) is 11.1 Å². The van der Waals surface area contributed by atoms with Gasteiger partial charge < -0.3 is 14.7 Å². The molecule has 1 heterocycles. The van der Waals surface area contributed by atoms with Crippen molar-refractivity contribution < 1.29 is 14.6 Å². The number of carboxylic acid groups (broad SMARTS) is 1. The summed E-state index contributed by atoms with van der Waals surface area (Å²) in [5, 5.41) is 17.4. The van der Waals surface area contributed by atoms with Crippen molar-refractivity contribution in [1.82, 2.24) is 4.98 Å². The van der Waals surface area contributed by atoms with Gasteiger partial charge in [0.2, 0.25) is 0 Å². The van der Waals surface area contributed by atoms with Crippen molar-refractivity contribution in [2.45, 2.75) is 13.3 Å². The Kier molecular flexibility index (Phi) is 6.92. The summed E-state index contributed by atoms with van der Waals surface area (Å²) < 4.78 is 5.07. The van der Waals surface area contributed by atoms with Gasteiger partial charge in [-0.1, -0.05) is 0 Å². The second-order valence-electron chi connectivity index (χ2n) is 4.47. The zero-order valence-corrected chi connectivity index (χ0v) is 12.2. The molecule has 0 aromatic carbocycles. The number of hydrogen-bond donors (Lipinski definition) is 1. The highest BCUT2D eigenvalue weighted by Crippen LogP contribution is 2.19. The Labute approximate surface area is 124 Å². The van der Waals surface area contributed by atoms with E-state index in [-0.39, 0.29) is 0 Å². The number of anilines is 1. The summed E-state index contributed by atoms with van der Waals surface area (Å²) >= 11 is 0. The summed E-state index contributed by atoms with van der Waals surface area (Å²) in [7, 11) is 1.63. The molecule has 0 saturated carbocycles. The van der Waals surface area contributed by atoms with Gasteiger partial charge in [-0.15, -0.1) is 0 Å². The van der Waals surface area contributed by atoms with E-state index in [0.29, 0.717) is 26.1 Å². The Balaban J connectivity index is 2.93. The number of carboxylic acids is 1. The van der Waals surface area contributed by atoms with Gasteiger partial charge in [-0.2, -0.15) is 5.26 Å². The Morgan fingerprint density at radius 1 is 1.57 bits per heavy atom. The highest BCUT2D eigenvalue weighted by Gasteiger charge is 2.10. The minimum atomic E-state index is -0.993. The Morgan fingerprint density at radius 3 is 2.90 bits per heavy atom. The van der Waals surface area contributed by atoms with Crippen LogP contribution in [0.4, 0.5) is 5.82 Å². The third-order valence-corrected chi connectivity index (χ3v) is 2.85. The van der Waals surface area contributed by atoms with Gasteiger partial charge in [0.25, 0.3) is 0 Å². The topological polar surface area (TPSA) is 86.5 Å². The minimum absolute atomic E-state index is 0.408. The molecule has 0 bridgehead atoms. The van der Waals surface area contributed by atoms with Gasteiger partial charge in [-0.3, -0.25) is 0 Å². The maximum atomic E-state index is 10.5. The molecule has 0 aliphatic carbocycles. The molecule has 1 N–H and O–H groups in total. The zero-order chi connectivity index (χ0) is 15.7. The Bertz CT molecular complexity index is 550. The average molecular weight is 289 g/mol. The maximum Gasteiger partial charge on any atom is 0.328 e. The van der Waals surface area contributed by atoms with E-state index in [1.54, 1.807) is 13.3 Å². The highest BCUT2D eigenvalue weighted by atomic mass is 16.5. The predicted octanol–water partition coefficient (Wildman–Crippen LogP) is 1.85. The third-order valence-electron chi connectivity index (χ3n) is 2.85. The molecular formula is C15H19N3O3. The van der Waals surface area contributed by atoms with Gasteiger partial charge in [-0.25, -0.2) is 9.78 Å². The predicted molar refractivity (Wildman–Crippen MR) is 80.0 cm³/mol. The number of methoxy groups -OCH3 is 1. The van der Waals surface area contributed by atoms with Gasteiger partial charge in [0.05, 0.1) is 19.1 Å². The average Bonchev–Trinajstić information content (AvgIpc) is 2.46. The van der Waals surface area contributed by atoms with Crippen LogP contribution < -0.4 is 4.90 Å². The second-order valence-corrected chi connectivity index (χ2v) is 4.47. The molecule has 6 heteroatoms. The number of pyridine rings is 1. The van der Waals surface area contributed by atoms with Crippen molar-refractivity contribution in [3.8, 4) is 6.07 Å². The van der Waals surface area contributed by atoms with Crippen LogP contribution in [0.15, 0.2) is 18.3 Å². The fourth-order valence-corrected chi connectivity index (χ4v) is 1.89. The Hall–Kier alpha value is -2.39. The summed E-state index contributed by atoms with van der Waals surface area (Å²) in [5.41, 5.74) is 1.65. The smallest absolute Gasteiger partial charge is 0.328 e. The standard InChI is InChI=1S/C15H19N3O3/c1-12-10-13(4-5-14(19)20)11-17-15(12)18(7-3-6-16)8-9-21-2/h4-5,10-11H,3,7-9H2,1-2H3,(H,19,20)/b5-4+. The van der Waals surface area contributed by atoms with E-state index in [1.807, 2.05) is 17.9 Å². The second kappa shape index (κ2) is 8.72. The van der Waals surface area contributed by atoms with E-state index in [4.69, 9.17) is 15.1 Å². The highest BCUT2D eigenvalue weighted by molar-refractivity contribution is 5.85. The quantitative estimate of drug-likeness (QED) is 0.735. The van der Waals surface area contributed by atoms with Crippen LogP contribution in [0.1, 0.15) is 17.5 Å². The van der Waals surface area contributed by atoms with E-state index in [9.17, 15) is 4.79 Å². The first-order valence-corrected chi connectivity index (χ1v) is 6.57. The van der Waals surface area contributed by atoms with Crippen LogP contribution in [0.3, 0.4) is 0 Å². The van der Waals surface area contributed by atoms with Gasteiger partial charge >= 0.3 is 5.97 Å². The molecule has 0 fully saturated rings. The Morgan fingerprint density at radius 2 is 2.33 bits per heavy atom. The lowest BCUT2D eigenvalue weighted by Gasteiger charge is -2.24. The molecule has 0 saturated heterocycles. The molecule has 0 unspecified atom stereocenters. The number of rotatable bonds is 8. The van der Waals surface area contributed by atoms with E-state index in [0.717, 1.165) is 23.0 Å². The van der Waals surface area contributed by atoms with Crippen LogP contribution in [-0.2, 0) is 9.53 Å². The number of nitrogens with zero attached hydrogens (tertiary/aromatic N) is 3. The molecule has 21 heavy (non-hydrogen) atoms.